The van der Waals surface area contributed by atoms with Crippen molar-refractivity contribution in [3.63, 3.8) is 0 Å². The second-order valence-electron chi connectivity index (χ2n) is 21.5. The van der Waals surface area contributed by atoms with Gasteiger partial charge in [0.1, 0.15) is 12.1 Å². The van der Waals surface area contributed by atoms with Gasteiger partial charge in [-0.15, -0.1) is 11.3 Å². The van der Waals surface area contributed by atoms with Crippen molar-refractivity contribution >= 4 is 46.7 Å². The number of urea groups is 1. The van der Waals surface area contributed by atoms with Crippen LogP contribution < -0.4 is 31.9 Å². The van der Waals surface area contributed by atoms with Gasteiger partial charge in [-0.25, -0.2) is 18.6 Å². The van der Waals surface area contributed by atoms with Crippen LogP contribution in [0.2, 0.25) is 0 Å². The van der Waals surface area contributed by atoms with E-state index in [-0.39, 0.29) is 66.1 Å². The fourth-order valence-corrected chi connectivity index (χ4v) is 12.1. The summed E-state index contributed by atoms with van der Waals surface area (Å²) in [4.78, 5) is 80.3. The van der Waals surface area contributed by atoms with E-state index in [2.05, 4.69) is 31.3 Å². The zero-order chi connectivity index (χ0) is 52.8. The molecule has 0 bridgehead atoms. The number of nitrogens with two attached hydrogens (primary N) is 1. The Morgan fingerprint density at radius 1 is 0.919 bits per heavy atom. The lowest BCUT2D eigenvalue weighted by Crippen LogP contribution is -2.64. The lowest BCUT2D eigenvalue weighted by Gasteiger charge is -2.48. The fraction of sp³-hybridized carbons (Fsp3) is 0.574. The predicted molar refractivity (Wildman–Crippen MR) is 282 cm³/mol. The highest BCUT2D eigenvalue weighted by Gasteiger charge is 2.43. The van der Waals surface area contributed by atoms with Gasteiger partial charge in [0.25, 0.3) is 6.43 Å². The van der Waals surface area contributed by atoms with Crippen LogP contribution in [0.1, 0.15) is 107 Å². The van der Waals surface area contributed by atoms with Crippen molar-refractivity contribution in [1.29, 1.82) is 0 Å². The summed E-state index contributed by atoms with van der Waals surface area (Å²) in [5.74, 6) is -1.10. The van der Waals surface area contributed by atoms with Gasteiger partial charge in [-0.1, -0.05) is 45.0 Å². The maximum Gasteiger partial charge on any atom is 0.317 e. The van der Waals surface area contributed by atoms with E-state index in [1.54, 1.807) is 58.4 Å². The number of hydrogen-bond donors (Lipinski definition) is 5. The number of aromatic nitrogens is 3. The van der Waals surface area contributed by atoms with Crippen molar-refractivity contribution in [3.05, 3.63) is 76.7 Å². The minimum Gasteiger partial charge on any atom is -0.356 e. The molecule has 20 heteroatoms. The molecule has 4 aliphatic heterocycles. The van der Waals surface area contributed by atoms with Crippen LogP contribution in [0.3, 0.4) is 0 Å². The molecule has 4 aromatic rings. The van der Waals surface area contributed by atoms with E-state index in [1.807, 2.05) is 73.3 Å². The molecule has 0 aliphatic carbocycles. The Morgan fingerprint density at radius 2 is 1.66 bits per heavy atom. The minimum absolute atomic E-state index is 0.0335. The van der Waals surface area contributed by atoms with Gasteiger partial charge < -0.3 is 46.6 Å². The van der Waals surface area contributed by atoms with Crippen LogP contribution in [-0.4, -0.2) is 136 Å². The number of alkyl halides is 2. The summed E-state index contributed by atoms with van der Waals surface area (Å²) in [6, 6.07) is 9.78. The highest BCUT2D eigenvalue weighted by atomic mass is 32.1. The van der Waals surface area contributed by atoms with Crippen molar-refractivity contribution in [3.8, 4) is 21.6 Å². The van der Waals surface area contributed by atoms with Crippen molar-refractivity contribution in [2.24, 2.45) is 24.1 Å². The largest absolute Gasteiger partial charge is 0.356 e. The average Bonchev–Trinajstić information content (AvgIpc) is 4.18. The van der Waals surface area contributed by atoms with E-state index in [1.165, 1.54) is 0 Å². The summed E-state index contributed by atoms with van der Waals surface area (Å²) in [5.41, 5.74) is 14.1. The van der Waals surface area contributed by atoms with Crippen LogP contribution in [0.15, 0.2) is 54.3 Å². The minimum atomic E-state index is -2.71. The number of benzene rings is 2. The molecule has 6 N–H and O–H groups in total. The number of likely N-dealkylation sites (tertiary alicyclic amines) is 3. The molecular formula is C54H74F2N12O5S. The summed E-state index contributed by atoms with van der Waals surface area (Å²) in [6.45, 7) is 11.0. The third-order valence-electron chi connectivity index (χ3n) is 15.4. The van der Waals surface area contributed by atoms with Crippen molar-refractivity contribution in [1.82, 2.24) is 50.7 Å². The fourth-order valence-electron chi connectivity index (χ4n) is 11.3. The molecule has 5 unspecified atom stereocenters. The molecule has 400 valence electrons. The Balaban J connectivity index is 0.816. The summed E-state index contributed by atoms with van der Waals surface area (Å²) in [7, 11) is 3.36. The molecule has 74 heavy (non-hydrogen) atoms. The number of nitrogens with zero attached hydrogens (tertiary/aromatic N) is 7. The number of carbonyl (C=O) groups excluding carboxylic acids is 5. The number of thiazole rings is 1. The smallest absolute Gasteiger partial charge is 0.317 e. The van der Waals surface area contributed by atoms with Crippen molar-refractivity contribution in [2.45, 2.75) is 135 Å². The predicted octanol–water partition coefficient (Wildman–Crippen LogP) is 6.11. The Bertz CT molecular complexity index is 2630. The van der Waals surface area contributed by atoms with E-state index < -0.39 is 30.1 Å². The number of anilines is 1. The average molecular weight is 1040 g/mol. The first-order valence-corrected chi connectivity index (χ1v) is 27.1. The standard InChI is InChI=1S/C54H74F2N12O5S/c1-33-47(74-32-60-33)35-16-14-34(15-17-35)28-59-51(71)43-11-9-22-68(43)52(72)48(54(2,3)4)63-45(69)12-7-13-46(70)65-23-18-38(19-24-65)62-42-20-25-66(53(73)58-5)31-41(42)50(57)67-21-8-10-36-26-39(37-29-61-64(6)30-37)40(49(55)56)27-44(36)67/h14-17,26-27,29-30,32,38,41-43,48-50,62H,7-13,18-25,28,31,57H2,1-6H3,(H,58,73)(H,59,71)(H,63,69). The maximum atomic E-state index is 14.7. The Labute approximate surface area is 437 Å². The van der Waals surface area contributed by atoms with Gasteiger partial charge in [0.15, 0.2) is 0 Å². The molecule has 3 saturated heterocycles. The summed E-state index contributed by atoms with van der Waals surface area (Å²) < 4.78 is 31.0. The first-order chi connectivity index (χ1) is 35.4. The number of amides is 6. The zero-order valence-electron chi connectivity index (χ0n) is 43.7. The normalized spacial score (nSPS) is 20.3. The summed E-state index contributed by atoms with van der Waals surface area (Å²) >= 11 is 1.59. The third kappa shape index (κ3) is 12.6. The second-order valence-corrected chi connectivity index (χ2v) is 22.4. The van der Waals surface area contributed by atoms with Gasteiger partial charge in [0.2, 0.25) is 23.6 Å². The van der Waals surface area contributed by atoms with Crippen molar-refractivity contribution in [2.75, 3.05) is 51.2 Å². The molecule has 5 atom stereocenters. The Kier molecular flexibility index (Phi) is 17.4. The number of carbonyl (C=O) groups is 5. The SMILES string of the molecule is CNC(=O)N1CCC(NC2CCN(C(=O)CCCC(=O)NC(C(=O)N3CCCC3C(=O)NCc3ccc(-c4scnc4C)cc3)C(C)(C)C)CC2)C(C(N)N2CCCc3cc(-c4cnn(C)c4)c(C(F)F)cc32)C1. The summed E-state index contributed by atoms with van der Waals surface area (Å²) in [5, 5.41) is 16.8. The summed E-state index contributed by atoms with van der Waals surface area (Å²) in [6.07, 6.45) is 5.44. The van der Waals surface area contributed by atoms with Crippen LogP contribution in [-0.2, 0) is 39.2 Å². The number of fused-ring (bicyclic) bond motifs is 1. The van der Waals surface area contributed by atoms with E-state index in [9.17, 15) is 32.8 Å². The molecule has 0 radical (unpaired) electrons. The number of hydrogen-bond acceptors (Lipinski definition) is 11. The molecule has 2 aromatic carbocycles. The maximum absolute atomic E-state index is 14.7. The van der Waals surface area contributed by atoms with Gasteiger partial charge in [-0.05, 0) is 98.1 Å². The van der Waals surface area contributed by atoms with Crippen LogP contribution >= 0.6 is 11.3 Å². The molecule has 17 nitrogen and oxygen atoms in total. The zero-order valence-corrected chi connectivity index (χ0v) is 44.5. The molecular weight excluding hydrogens is 967 g/mol. The quantitative estimate of drug-likeness (QED) is 0.0872. The van der Waals surface area contributed by atoms with Crippen LogP contribution in [0.25, 0.3) is 21.6 Å². The molecule has 2 aromatic heterocycles. The molecule has 8 rings (SSSR count). The molecule has 6 amide bonds. The van der Waals surface area contributed by atoms with Crippen LogP contribution in [0, 0.1) is 18.3 Å². The van der Waals surface area contributed by atoms with Gasteiger partial charge >= 0.3 is 6.03 Å². The number of piperidine rings is 2. The van der Waals surface area contributed by atoms with Gasteiger partial charge in [-0.3, -0.25) is 23.9 Å². The first kappa shape index (κ1) is 54.3. The molecule has 0 spiro atoms. The molecule has 0 saturated carbocycles. The molecule has 4 aliphatic rings. The number of nitrogens with one attached hydrogen (secondary N) is 4. The van der Waals surface area contributed by atoms with E-state index in [0.717, 1.165) is 40.1 Å². The number of aryl methyl sites for hydroxylation is 3. The second kappa shape index (κ2) is 23.7. The number of halogens is 2. The van der Waals surface area contributed by atoms with E-state index in [0.29, 0.717) is 101 Å². The van der Waals surface area contributed by atoms with E-state index >= 15 is 0 Å². The topological polar surface area (TPSA) is 203 Å². The third-order valence-corrected chi connectivity index (χ3v) is 16.4. The highest BCUT2D eigenvalue weighted by molar-refractivity contribution is 7.13. The van der Waals surface area contributed by atoms with Gasteiger partial charge in [0.05, 0.1) is 28.4 Å². The van der Waals surface area contributed by atoms with Gasteiger partial charge in [-0.2, -0.15) is 5.10 Å². The Morgan fingerprint density at radius 3 is 2.32 bits per heavy atom. The van der Waals surface area contributed by atoms with Crippen molar-refractivity contribution < 1.29 is 32.8 Å². The highest BCUT2D eigenvalue weighted by Crippen LogP contribution is 2.40. The Hall–Kier alpha value is -5.99. The van der Waals surface area contributed by atoms with Gasteiger partial charge in [0, 0.05) is 114 Å². The lowest BCUT2D eigenvalue weighted by molar-refractivity contribution is -0.144. The molecule has 3 fully saturated rings. The van der Waals surface area contributed by atoms with E-state index in [4.69, 9.17) is 5.73 Å². The lowest BCUT2D eigenvalue weighted by atomic mass is 9.85. The first-order valence-electron chi connectivity index (χ1n) is 26.2. The number of rotatable bonds is 16. The van der Waals surface area contributed by atoms with Crippen LogP contribution in [0.4, 0.5) is 19.3 Å². The monoisotopic (exact) mass is 1040 g/mol. The van der Waals surface area contributed by atoms with Crippen LogP contribution in [0.5, 0.6) is 0 Å². The molecule has 6 heterocycles.